The summed E-state index contributed by atoms with van der Waals surface area (Å²) in [4.78, 5) is 43.1. The summed E-state index contributed by atoms with van der Waals surface area (Å²) in [6, 6.07) is 6.00. The molecule has 2 amide bonds. The maximum atomic E-state index is 13.3. The fourth-order valence-electron chi connectivity index (χ4n) is 3.73. The number of hydrogen-bond donors (Lipinski definition) is 3. The quantitative estimate of drug-likeness (QED) is 0.224. The molecule has 11 nitrogen and oxygen atoms in total. The molecule has 39 heavy (non-hydrogen) atoms. The Kier molecular flexibility index (Phi) is 7.53. The highest BCUT2D eigenvalue weighted by atomic mass is 35.5. The third-order valence-corrected chi connectivity index (χ3v) is 7.54. The molecule has 15 heteroatoms. The lowest BCUT2D eigenvalue weighted by Gasteiger charge is -2.15. The molecule has 0 aliphatic rings. The second kappa shape index (κ2) is 11.0. The predicted octanol–water partition coefficient (Wildman–Crippen LogP) is 5.39. The van der Waals surface area contributed by atoms with E-state index in [1.807, 2.05) is 0 Å². The molecule has 5 rings (SSSR count). The van der Waals surface area contributed by atoms with Gasteiger partial charge in [-0.1, -0.05) is 34.8 Å². The third kappa shape index (κ3) is 5.45. The molecule has 5 aromatic rings. The molecule has 0 saturated heterocycles. The Morgan fingerprint density at radius 3 is 2.62 bits per heavy atom. The number of pyridine rings is 1. The number of rotatable bonds is 7. The number of nitrogens with two attached hydrogens (primary N) is 1. The van der Waals surface area contributed by atoms with Crippen molar-refractivity contribution in [1.82, 2.24) is 24.5 Å². The van der Waals surface area contributed by atoms with E-state index in [1.54, 1.807) is 22.3 Å². The Bertz CT molecular complexity index is 1720. The lowest BCUT2D eigenvalue weighted by atomic mass is 10.1. The number of anilines is 3. The van der Waals surface area contributed by atoms with Crippen molar-refractivity contribution in [3.63, 3.8) is 0 Å². The highest BCUT2D eigenvalue weighted by Gasteiger charge is 2.24. The first-order valence-corrected chi connectivity index (χ1v) is 13.1. The summed E-state index contributed by atoms with van der Waals surface area (Å²) in [6.07, 6.45) is 4.30. The summed E-state index contributed by atoms with van der Waals surface area (Å²) in [6.45, 7) is 0.280. The van der Waals surface area contributed by atoms with Gasteiger partial charge in [0.15, 0.2) is 11.5 Å². The zero-order chi connectivity index (χ0) is 27.7. The van der Waals surface area contributed by atoms with Crippen molar-refractivity contribution < 1.29 is 14.3 Å². The van der Waals surface area contributed by atoms with Crippen molar-refractivity contribution in [2.75, 3.05) is 23.5 Å². The van der Waals surface area contributed by atoms with E-state index in [1.165, 1.54) is 37.8 Å². The van der Waals surface area contributed by atoms with Crippen LogP contribution in [0.1, 0.15) is 25.6 Å². The fourth-order valence-corrected chi connectivity index (χ4v) is 5.30. The largest absolute Gasteiger partial charge is 0.494 e. The minimum absolute atomic E-state index is 0.0534. The van der Waals surface area contributed by atoms with Crippen molar-refractivity contribution in [1.29, 1.82) is 0 Å². The summed E-state index contributed by atoms with van der Waals surface area (Å²) in [7, 11) is 1.39. The summed E-state index contributed by atoms with van der Waals surface area (Å²) in [5, 5.41) is 8.02. The van der Waals surface area contributed by atoms with Crippen molar-refractivity contribution in [3.8, 4) is 5.75 Å². The molecule has 4 heterocycles. The standard InChI is InChI=1S/C24H17Cl3N8O3S/c1-38-15-5-13(26)4-14(23(36)33-16-3-2-12(25)6-29-16)18(15)34-24(37)20-17(27)11(8-39-20)7-35-10-32-22-19(35)21(28)30-9-31-22/h2-6,8-10H,7H2,1H3,(H,34,37)(H2,28,30,31)(H,29,33,36). The lowest BCUT2D eigenvalue weighted by Crippen LogP contribution is -2.19. The average molecular weight is 604 g/mol. The number of amides is 2. The average Bonchev–Trinajstić information content (AvgIpc) is 3.50. The van der Waals surface area contributed by atoms with E-state index < -0.39 is 11.8 Å². The number of ether oxygens (including phenoxy) is 1. The van der Waals surface area contributed by atoms with Gasteiger partial charge in [0, 0.05) is 22.8 Å². The van der Waals surface area contributed by atoms with E-state index in [-0.39, 0.29) is 50.1 Å². The zero-order valence-electron chi connectivity index (χ0n) is 19.9. The second-order valence-electron chi connectivity index (χ2n) is 8.01. The van der Waals surface area contributed by atoms with Gasteiger partial charge in [0.1, 0.15) is 28.3 Å². The minimum atomic E-state index is -0.578. The van der Waals surface area contributed by atoms with Gasteiger partial charge in [-0.15, -0.1) is 11.3 Å². The molecule has 4 aromatic heterocycles. The zero-order valence-corrected chi connectivity index (χ0v) is 23.0. The first kappa shape index (κ1) is 26.6. The Morgan fingerprint density at radius 1 is 1.05 bits per heavy atom. The normalized spacial score (nSPS) is 11.0. The van der Waals surface area contributed by atoms with Gasteiger partial charge in [0.2, 0.25) is 0 Å². The van der Waals surface area contributed by atoms with Crippen LogP contribution in [0.15, 0.2) is 48.5 Å². The van der Waals surface area contributed by atoms with E-state index in [0.29, 0.717) is 21.7 Å². The number of benzene rings is 1. The topological polar surface area (TPSA) is 150 Å². The fraction of sp³-hybridized carbons (Fsp3) is 0.0833. The van der Waals surface area contributed by atoms with Gasteiger partial charge in [0.05, 0.1) is 41.3 Å². The van der Waals surface area contributed by atoms with Crippen LogP contribution in [-0.4, -0.2) is 43.4 Å². The first-order valence-electron chi connectivity index (χ1n) is 11.0. The van der Waals surface area contributed by atoms with Crippen molar-refractivity contribution in [3.05, 3.63) is 79.6 Å². The number of aromatic nitrogens is 5. The van der Waals surface area contributed by atoms with Crippen molar-refractivity contribution in [2.24, 2.45) is 0 Å². The number of imidazole rings is 1. The van der Waals surface area contributed by atoms with Gasteiger partial charge in [-0.05, 0) is 23.6 Å². The SMILES string of the molecule is COc1cc(Cl)cc(C(=O)Nc2ccc(Cl)cn2)c1NC(=O)c1scc(Cn2cnc3ncnc(N)c32)c1Cl. The summed E-state index contributed by atoms with van der Waals surface area (Å²) in [5.41, 5.74) is 7.81. The minimum Gasteiger partial charge on any atom is -0.494 e. The smallest absolute Gasteiger partial charge is 0.267 e. The molecule has 0 bridgehead atoms. The van der Waals surface area contributed by atoms with Crippen LogP contribution < -0.4 is 21.1 Å². The molecule has 0 aliphatic heterocycles. The van der Waals surface area contributed by atoms with Crippen LogP contribution in [-0.2, 0) is 6.54 Å². The van der Waals surface area contributed by atoms with Crippen LogP contribution in [0.5, 0.6) is 5.75 Å². The van der Waals surface area contributed by atoms with Crippen molar-refractivity contribution in [2.45, 2.75) is 6.54 Å². The number of nitrogens with zero attached hydrogens (tertiary/aromatic N) is 5. The molecular formula is C24H17Cl3N8O3S. The molecular weight excluding hydrogens is 587 g/mol. The summed E-state index contributed by atoms with van der Waals surface area (Å²) in [5.74, 6) is -0.418. The molecule has 0 fully saturated rings. The maximum absolute atomic E-state index is 13.3. The molecule has 0 aliphatic carbocycles. The summed E-state index contributed by atoms with van der Waals surface area (Å²) >= 11 is 19.8. The molecule has 198 valence electrons. The predicted molar refractivity (Wildman–Crippen MR) is 151 cm³/mol. The van der Waals surface area contributed by atoms with E-state index >= 15 is 0 Å². The molecule has 0 saturated carbocycles. The maximum Gasteiger partial charge on any atom is 0.267 e. The number of hydrogen-bond acceptors (Lipinski definition) is 9. The monoisotopic (exact) mass is 602 g/mol. The Balaban J connectivity index is 1.42. The van der Waals surface area contributed by atoms with Gasteiger partial charge < -0.3 is 25.7 Å². The molecule has 0 radical (unpaired) electrons. The highest BCUT2D eigenvalue weighted by molar-refractivity contribution is 7.13. The van der Waals surface area contributed by atoms with Crippen LogP contribution in [0, 0.1) is 0 Å². The van der Waals surface area contributed by atoms with Crippen molar-refractivity contribution >= 4 is 86.4 Å². The van der Waals surface area contributed by atoms with Crippen LogP contribution in [0.25, 0.3) is 11.2 Å². The van der Waals surface area contributed by atoms with Gasteiger partial charge >= 0.3 is 0 Å². The van der Waals surface area contributed by atoms with Crippen LogP contribution in [0.2, 0.25) is 15.1 Å². The Hall–Kier alpha value is -3.97. The number of carbonyl (C=O) groups excluding carboxylic acids is 2. The third-order valence-electron chi connectivity index (χ3n) is 5.52. The molecule has 1 aromatic carbocycles. The van der Waals surface area contributed by atoms with E-state index in [9.17, 15) is 9.59 Å². The number of nitrogens with one attached hydrogen (secondary N) is 2. The Labute approximate surface area is 239 Å². The van der Waals surface area contributed by atoms with E-state index in [0.717, 1.165) is 11.3 Å². The van der Waals surface area contributed by atoms with Crippen LogP contribution in [0.4, 0.5) is 17.3 Å². The highest BCUT2D eigenvalue weighted by Crippen LogP contribution is 2.36. The van der Waals surface area contributed by atoms with Gasteiger partial charge in [-0.25, -0.2) is 19.9 Å². The molecule has 4 N–H and O–H groups in total. The number of carbonyl (C=O) groups is 2. The first-order chi connectivity index (χ1) is 18.7. The number of thiophene rings is 1. The molecule has 0 atom stereocenters. The number of methoxy groups -OCH3 is 1. The lowest BCUT2D eigenvalue weighted by molar-refractivity contribution is 0.102. The van der Waals surface area contributed by atoms with E-state index in [4.69, 9.17) is 45.3 Å². The molecule has 0 spiro atoms. The van der Waals surface area contributed by atoms with Gasteiger partial charge in [0.25, 0.3) is 11.8 Å². The second-order valence-corrected chi connectivity index (χ2v) is 10.1. The van der Waals surface area contributed by atoms with Gasteiger partial charge in [-0.2, -0.15) is 0 Å². The van der Waals surface area contributed by atoms with E-state index in [2.05, 4.69) is 30.6 Å². The van der Waals surface area contributed by atoms with Crippen LogP contribution >= 0.6 is 46.1 Å². The number of fused-ring (bicyclic) bond motifs is 1. The Morgan fingerprint density at radius 2 is 1.87 bits per heavy atom. The number of halogens is 3. The summed E-state index contributed by atoms with van der Waals surface area (Å²) < 4.78 is 7.15. The molecule has 0 unspecified atom stereocenters. The number of nitrogen functional groups attached to an aromatic ring is 1. The van der Waals surface area contributed by atoms with Crippen LogP contribution in [0.3, 0.4) is 0 Å². The van der Waals surface area contributed by atoms with Gasteiger partial charge in [-0.3, -0.25) is 9.59 Å².